The van der Waals surface area contributed by atoms with Gasteiger partial charge in [0, 0.05) is 12.8 Å². The van der Waals surface area contributed by atoms with Gasteiger partial charge in [-0.1, -0.05) is 228 Å². The molecule has 0 rings (SSSR count). The Bertz CT molecular complexity index is 1190. The summed E-state index contributed by atoms with van der Waals surface area (Å²) in [5, 5.41) is 0. The molecule has 0 amide bonds. The molecular weight excluding hydrogens is 745 g/mol. The standard InChI is InChI=1S/C54H90O6/c1-4-7-10-13-16-19-21-23-25-26-27-29-30-32-35-38-41-44-47-53(56)59-50-51(49-58-52(55)46-43-40-37-34-18-15-12-9-6-3)60-54(57)48-45-42-39-36-33-31-28-24-22-20-17-14-11-8-5-2/h9,12,16,18-19,21,23,25-27,29,34,40,43,51H,4-8,10-11,13-15,17,20,22,24,28,30-33,35-39,41-42,44-50H2,1-3H3/b12-9-,19-16-,23-21-,26-25-,29-27-,34-18-,43-40-. The minimum absolute atomic E-state index is 0.115. The summed E-state index contributed by atoms with van der Waals surface area (Å²) in [6.45, 7) is 6.36. The third-order valence-corrected chi connectivity index (χ3v) is 10.3. The maximum Gasteiger partial charge on any atom is 0.309 e. The summed E-state index contributed by atoms with van der Waals surface area (Å²) in [7, 11) is 0. The zero-order valence-electron chi connectivity index (χ0n) is 38.9. The predicted molar refractivity (Wildman–Crippen MR) is 256 cm³/mol. The van der Waals surface area contributed by atoms with Crippen LogP contribution >= 0.6 is 0 Å². The zero-order valence-corrected chi connectivity index (χ0v) is 38.9. The van der Waals surface area contributed by atoms with Gasteiger partial charge >= 0.3 is 17.9 Å². The Kier molecular flexibility index (Phi) is 45.5. The number of unbranched alkanes of at least 4 members (excludes halogenated alkanes) is 22. The molecule has 0 saturated heterocycles. The smallest absolute Gasteiger partial charge is 0.309 e. The Balaban J connectivity index is 4.43. The fraction of sp³-hybridized carbons (Fsp3) is 0.685. The second-order valence-corrected chi connectivity index (χ2v) is 16.1. The van der Waals surface area contributed by atoms with Crippen LogP contribution in [0.25, 0.3) is 0 Å². The van der Waals surface area contributed by atoms with Crippen molar-refractivity contribution in [3.8, 4) is 0 Å². The first-order valence-electron chi connectivity index (χ1n) is 24.6. The summed E-state index contributed by atoms with van der Waals surface area (Å²) in [5.74, 6) is -1.07. The summed E-state index contributed by atoms with van der Waals surface area (Å²) in [5.41, 5.74) is 0. The van der Waals surface area contributed by atoms with Crippen LogP contribution in [0.1, 0.15) is 220 Å². The van der Waals surface area contributed by atoms with Crippen LogP contribution in [0.5, 0.6) is 0 Å². The lowest BCUT2D eigenvalue weighted by Crippen LogP contribution is -2.30. The van der Waals surface area contributed by atoms with Crippen molar-refractivity contribution < 1.29 is 28.6 Å². The van der Waals surface area contributed by atoms with Crippen LogP contribution in [0.2, 0.25) is 0 Å². The molecule has 6 nitrogen and oxygen atoms in total. The number of allylic oxidation sites excluding steroid dienone is 13. The lowest BCUT2D eigenvalue weighted by molar-refractivity contribution is -0.166. The van der Waals surface area contributed by atoms with Crippen molar-refractivity contribution in [2.45, 2.75) is 226 Å². The number of hydrogen-bond donors (Lipinski definition) is 0. The van der Waals surface area contributed by atoms with E-state index in [1.54, 1.807) is 6.08 Å². The van der Waals surface area contributed by atoms with E-state index in [0.29, 0.717) is 12.8 Å². The van der Waals surface area contributed by atoms with Crippen molar-refractivity contribution in [3.63, 3.8) is 0 Å². The van der Waals surface area contributed by atoms with E-state index in [4.69, 9.17) is 14.2 Å². The summed E-state index contributed by atoms with van der Waals surface area (Å²) in [6, 6.07) is 0. The summed E-state index contributed by atoms with van der Waals surface area (Å²) >= 11 is 0. The number of carbonyl (C=O) groups is 3. The van der Waals surface area contributed by atoms with Crippen molar-refractivity contribution in [1.29, 1.82) is 0 Å². The lowest BCUT2D eigenvalue weighted by atomic mass is 10.0. The molecule has 0 aliphatic carbocycles. The molecule has 0 aliphatic heterocycles. The third-order valence-electron chi connectivity index (χ3n) is 10.3. The first-order chi connectivity index (χ1) is 29.5. The Morgan fingerprint density at radius 3 is 1.28 bits per heavy atom. The van der Waals surface area contributed by atoms with Gasteiger partial charge in [0.25, 0.3) is 0 Å². The first kappa shape index (κ1) is 56.6. The largest absolute Gasteiger partial charge is 0.462 e. The van der Waals surface area contributed by atoms with Gasteiger partial charge in [-0.2, -0.15) is 0 Å². The van der Waals surface area contributed by atoms with Crippen molar-refractivity contribution in [2.24, 2.45) is 0 Å². The second kappa shape index (κ2) is 48.3. The van der Waals surface area contributed by atoms with Gasteiger partial charge in [0.15, 0.2) is 6.10 Å². The van der Waals surface area contributed by atoms with Gasteiger partial charge in [-0.3, -0.25) is 14.4 Å². The Labute approximate surface area is 369 Å². The highest BCUT2D eigenvalue weighted by atomic mass is 16.6. The quantitative estimate of drug-likeness (QED) is 0.0200. The van der Waals surface area contributed by atoms with Crippen LogP contribution in [-0.4, -0.2) is 37.2 Å². The van der Waals surface area contributed by atoms with E-state index in [2.05, 4.69) is 93.7 Å². The number of rotatable bonds is 43. The first-order valence-corrected chi connectivity index (χ1v) is 24.6. The molecular formula is C54H90O6. The summed E-state index contributed by atoms with van der Waals surface area (Å²) < 4.78 is 16.6. The molecule has 0 aromatic rings. The Morgan fingerprint density at radius 1 is 0.383 bits per heavy atom. The average Bonchev–Trinajstić information content (AvgIpc) is 3.24. The second-order valence-electron chi connectivity index (χ2n) is 16.1. The zero-order chi connectivity index (χ0) is 43.7. The average molecular weight is 835 g/mol. The van der Waals surface area contributed by atoms with E-state index in [9.17, 15) is 14.4 Å². The molecule has 0 bridgehead atoms. The van der Waals surface area contributed by atoms with Gasteiger partial charge in [-0.25, -0.2) is 0 Å². The van der Waals surface area contributed by atoms with E-state index < -0.39 is 12.1 Å². The fourth-order valence-corrected chi connectivity index (χ4v) is 6.57. The number of ether oxygens (including phenoxy) is 3. The van der Waals surface area contributed by atoms with E-state index in [1.807, 2.05) is 6.08 Å². The topological polar surface area (TPSA) is 78.9 Å². The van der Waals surface area contributed by atoms with E-state index in [1.165, 1.54) is 96.3 Å². The fourth-order valence-electron chi connectivity index (χ4n) is 6.57. The molecule has 1 unspecified atom stereocenters. The van der Waals surface area contributed by atoms with Crippen LogP contribution in [0.15, 0.2) is 85.1 Å². The van der Waals surface area contributed by atoms with Crippen LogP contribution in [0.4, 0.5) is 0 Å². The highest BCUT2D eigenvalue weighted by Gasteiger charge is 2.19. The monoisotopic (exact) mass is 835 g/mol. The van der Waals surface area contributed by atoms with Gasteiger partial charge in [-0.05, 0) is 57.8 Å². The van der Waals surface area contributed by atoms with Gasteiger partial charge in [0.1, 0.15) is 13.2 Å². The summed E-state index contributed by atoms with van der Waals surface area (Å²) in [6.07, 6.45) is 61.7. The van der Waals surface area contributed by atoms with Gasteiger partial charge in [0.2, 0.25) is 0 Å². The molecule has 0 heterocycles. The number of hydrogen-bond acceptors (Lipinski definition) is 6. The van der Waals surface area contributed by atoms with Gasteiger partial charge < -0.3 is 14.2 Å². The molecule has 0 saturated carbocycles. The minimum Gasteiger partial charge on any atom is -0.462 e. The number of carbonyl (C=O) groups excluding carboxylic acids is 3. The van der Waals surface area contributed by atoms with E-state index in [-0.39, 0.29) is 31.6 Å². The molecule has 60 heavy (non-hydrogen) atoms. The van der Waals surface area contributed by atoms with Gasteiger partial charge in [-0.15, -0.1) is 0 Å². The number of esters is 3. The van der Waals surface area contributed by atoms with E-state index in [0.717, 1.165) is 83.5 Å². The van der Waals surface area contributed by atoms with Crippen LogP contribution < -0.4 is 0 Å². The molecule has 0 spiro atoms. The molecule has 342 valence electrons. The normalized spacial score (nSPS) is 12.8. The molecule has 0 radical (unpaired) electrons. The molecule has 0 aromatic heterocycles. The Morgan fingerprint density at radius 2 is 0.767 bits per heavy atom. The van der Waals surface area contributed by atoms with Crippen LogP contribution in [-0.2, 0) is 28.6 Å². The molecule has 6 heteroatoms. The minimum atomic E-state index is -0.819. The van der Waals surface area contributed by atoms with Crippen LogP contribution in [0.3, 0.4) is 0 Å². The molecule has 0 fully saturated rings. The molecule has 0 N–H and O–H groups in total. The van der Waals surface area contributed by atoms with Crippen molar-refractivity contribution >= 4 is 17.9 Å². The summed E-state index contributed by atoms with van der Waals surface area (Å²) in [4.78, 5) is 37.7. The lowest BCUT2D eigenvalue weighted by Gasteiger charge is -2.18. The van der Waals surface area contributed by atoms with Crippen molar-refractivity contribution in [2.75, 3.05) is 13.2 Å². The van der Waals surface area contributed by atoms with Crippen molar-refractivity contribution in [3.05, 3.63) is 85.1 Å². The van der Waals surface area contributed by atoms with E-state index >= 15 is 0 Å². The molecule has 0 aromatic carbocycles. The maximum absolute atomic E-state index is 12.7. The highest BCUT2D eigenvalue weighted by molar-refractivity contribution is 5.72. The highest BCUT2D eigenvalue weighted by Crippen LogP contribution is 2.15. The van der Waals surface area contributed by atoms with Gasteiger partial charge in [0.05, 0.1) is 6.42 Å². The van der Waals surface area contributed by atoms with Crippen LogP contribution in [0, 0.1) is 0 Å². The SMILES string of the molecule is CC/C=C\C/C=C\C/C=C\CC(=O)OCC(COC(=O)CCCCCCC\C=C/C=C\C=C/C=C\CCCCC)OC(=O)CCCCCCCCCCCCCCCCC. The Hall–Kier alpha value is -3.41. The molecule has 0 aliphatic rings. The van der Waals surface area contributed by atoms with Crippen molar-refractivity contribution in [1.82, 2.24) is 0 Å². The molecule has 1 atom stereocenters. The third kappa shape index (κ3) is 45.7. The maximum atomic E-state index is 12.7. The predicted octanol–water partition coefficient (Wildman–Crippen LogP) is 16.0.